The fraction of sp³-hybridized carbons (Fsp3) is 0.944. The Hall–Kier alpha value is -0.590. The highest BCUT2D eigenvalue weighted by atomic mass is 15.2. The average molecular weight is 289 g/mol. The molecule has 1 heterocycles. The molecule has 1 aliphatic heterocycles. The first kappa shape index (κ1) is 15.3. The zero-order valence-corrected chi connectivity index (χ0v) is 13.7. The van der Waals surface area contributed by atoms with Crippen molar-refractivity contribution >= 4 is 0 Å². The van der Waals surface area contributed by atoms with E-state index in [0.717, 1.165) is 25.8 Å². The second-order valence-corrected chi connectivity index (χ2v) is 7.76. The molecule has 3 heteroatoms. The van der Waals surface area contributed by atoms with E-state index in [2.05, 4.69) is 23.2 Å². The van der Waals surface area contributed by atoms with Crippen molar-refractivity contribution in [2.75, 3.05) is 19.6 Å². The van der Waals surface area contributed by atoms with Crippen molar-refractivity contribution in [1.29, 1.82) is 5.26 Å². The zero-order valence-electron chi connectivity index (χ0n) is 13.7. The van der Waals surface area contributed by atoms with Gasteiger partial charge in [-0.15, -0.1) is 0 Å². The van der Waals surface area contributed by atoms with Crippen LogP contribution in [0.4, 0.5) is 0 Å². The summed E-state index contributed by atoms with van der Waals surface area (Å²) in [6.07, 6.45) is 13.1. The van der Waals surface area contributed by atoms with Crippen molar-refractivity contribution in [3.63, 3.8) is 0 Å². The minimum absolute atomic E-state index is 0.233. The molecule has 3 nitrogen and oxygen atoms in total. The van der Waals surface area contributed by atoms with Gasteiger partial charge in [0, 0.05) is 6.04 Å². The molecule has 3 aliphatic rings. The van der Waals surface area contributed by atoms with E-state index in [-0.39, 0.29) is 5.54 Å². The van der Waals surface area contributed by atoms with Crippen molar-refractivity contribution < 1.29 is 0 Å². The predicted molar refractivity (Wildman–Crippen MR) is 86.0 cm³/mol. The Bertz CT molecular complexity index is 384. The Kier molecular flexibility index (Phi) is 4.57. The van der Waals surface area contributed by atoms with E-state index in [1.165, 1.54) is 58.0 Å². The Morgan fingerprint density at radius 3 is 2.48 bits per heavy atom. The number of nitrogens with zero attached hydrogens (tertiary/aromatic N) is 2. The third kappa shape index (κ3) is 3.12. The van der Waals surface area contributed by atoms with Crippen LogP contribution in [0.5, 0.6) is 0 Å². The van der Waals surface area contributed by atoms with Crippen LogP contribution >= 0.6 is 0 Å². The minimum Gasteiger partial charge on any atom is -0.300 e. The quantitative estimate of drug-likeness (QED) is 0.861. The molecule has 3 fully saturated rings. The van der Waals surface area contributed by atoms with E-state index in [1.54, 1.807) is 0 Å². The molecule has 0 bridgehead atoms. The van der Waals surface area contributed by atoms with Crippen molar-refractivity contribution in [3.8, 4) is 6.07 Å². The van der Waals surface area contributed by atoms with E-state index < -0.39 is 0 Å². The normalized spacial score (nSPS) is 36.1. The van der Waals surface area contributed by atoms with Crippen molar-refractivity contribution in [2.45, 2.75) is 82.7 Å². The van der Waals surface area contributed by atoms with Crippen molar-refractivity contribution in [1.82, 2.24) is 10.2 Å². The van der Waals surface area contributed by atoms with Crippen LogP contribution in [0.1, 0.15) is 71.1 Å². The molecule has 21 heavy (non-hydrogen) atoms. The molecule has 118 valence electrons. The van der Waals surface area contributed by atoms with Gasteiger partial charge in [0.05, 0.1) is 6.07 Å². The monoisotopic (exact) mass is 289 g/mol. The molecule has 2 saturated carbocycles. The SMILES string of the molecule is CCCNC1(C#N)CCC(N2CCC3(CCCC3)CC2)C1. The number of nitriles is 1. The predicted octanol–water partition coefficient (Wildman–Crippen LogP) is 3.46. The standard InChI is InChI=1S/C18H31N3/c1-2-11-20-18(15-19)8-5-16(14-18)21-12-9-17(10-13-21)6-3-4-7-17/h16,20H,2-14H2,1H3. The molecule has 2 atom stereocenters. The molecule has 0 aromatic rings. The van der Waals surface area contributed by atoms with Crippen LogP contribution in [-0.4, -0.2) is 36.1 Å². The van der Waals surface area contributed by atoms with E-state index in [9.17, 15) is 5.26 Å². The highest BCUT2D eigenvalue weighted by Gasteiger charge is 2.44. The third-order valence-electron chi connectivity index (χ3n) is 6.46. The van der Waals surface area contributed by atoms with E-state index in [0.29, 0.717) is 11.5 Å². The van der Waals surface area contributed by atoms with Gasteiger partial charge in [0.2, 0.25) is 0 Å². The van der Waals surface area contributed by atoms with Gasteiger partial charge in [-0.25, -0.2) is 0 Å². The van der Waals surface area contributed by atoms with Crippen LogP contribution in [-0.2, 0) is 0 Å². The van der Waals surface area contributed by atoms with Gasteiger partial charge >= 0.3 is 0 Å². The van der Waals surface area contributed by atoms with Crippen LogP contribution in [0.25, 0.3) is 0 Å². The second kappa shape index (κ2) is 6.26. The van der Waals surface area contributed by atoms with Crippen LogP contribution in [0.2, 0.25) is 0 Å². The highest BCUT2D eigenvalue weighted by molar-refractivity contribution is 5.13. The third-order valence-corrected chi connectivity index (χ3v) is 6.46. The fourth-order valence-corrected chi connectivity index (χ4v) is 4.99. The Labute approximate surface area is 130 Å². The van der Waals surface area contributed by atoms with Gasteiger partial charge in [-0.2, -0.15) is 5.26 Å². The largest absolute Gasteiger partial charge is 0.300 e. The fourth-order valence-electron chi connectivity index (χ4n) is 4.99. The maximum absolute atomic E-state index is 9.60. The summed E-state index contributed by atoms with van der Waals surface area (Å²) in [7, 11) is 0. The number of hydrogen-bond donors (Lipinski definition) is 1. The number of likely N-dealkylation sites (tertiary alicyclic amines) is 1. The lowest BCUT2D eigenvalue weighted by Crippen LogP contribution is -2.47. The molecule has 3 rings (SSSR count). The molecule has 0 radical (unpaired) electrons. The summed E-state index contributed by atoms with van der Waals surface area (Å²) in [5.41, 5.74) is 0.477. The topological polar surface area (TPSA) is 39.1 Å². The first-order valence-electron chi connectivity index (χ1n) is 9.11. The lowest BCUT2D eigenvalue weighted by Gasteiger charge is -2.42. The lowest BCUT2D eigenvalue weighted by atomic mass is 9.76. The molecule has 1 spiro atoms. The average Bonchev–Trinajstić information content (AvgIpc) is 3.15. The number of piperidine rings is 1. The Morgan fingerprint density at radius 2 is 1.86 bits per heavy atom. The van der Waals surface area contributed by atoms with Gasteiger partial charge in [-0.1, -0.05) is 19.8 Å². The molecule has 1 N–H and O–H groups in total. The summed E-state index contributed by atoms with van der Waals surface area (Å²) in [6.45, 7) is 5.71. The molecular formula is C18H31N3. The van der Waals surface area contributed by atoms with Gasteiger partial charge in [0.15, 0.2) is 0 Å². The van der Waals surface area contributed by atoms with Crippen LogP contribution in [0, 0.1) is 16.7 Å². The van der Waals surface area contributed by atoms with E-state index in [1.807, 2.05) is 0 Å². The molecule has 2 aliphatic carbocycles. The Balaban J connectivity index is 1.54. The van der Waals surface area contributed by atoms with E-state index in [4.69, 9.17) is 0 Å². The maximum Gasteiger partial charge on any atom is 0.108 e. The molecular weight excluding hydrogens is 258 g/mol. The van der Waals surface area contributed by atoms with Crippen LogP contribution < -0.4 is 5.32 Å². The second-order valence-electron chi connectivity index (χ2n) is 7.76. The molecule has 0 amide bonds. The van der Waals surface area contributed by atoms with E-state index >= 15 is 0 Å². The molecule has 0 aromatic heterocycles. The Morgan fingerprint density at radius 1 is 1.14 bits per heavy atom. The van der Waals surface area contributed by atoms with Crippen molar-refractivity contribution in [2.24, 2.45) is 5.41 Å². The number of hydrogen-bond acceptors (Lipinski definition) is 3. The van der Waals surface area contributed by atoms with Gasteiger partial charge < -0.3 is 4.90 Å². The first-order valence-corrected chi connectivity index (χ1v) is 9.11. The molecule has 0 aromatic carbocycles. The summed E-state index contributed by atoms with van der Waals surface area (Å²) in [6, 6.07) is 3.24. The summed E-state index contributed by atoms with van der Waals surface area (Å²) in [5.74, 6) is 0. The summed E-state index contributed by atoms with van der Waals surface area (Å²) in [5, 5.41) is 13.1. The highest BCUT2D eigenvalue weighted by Crippen LogP contribution is 2.47. The number of nitrogens with one attached hydrogen (secondary N) is 1. The minimum atomic E-state index is -0.233. The van der Waals surface area contributed by atoms with Gasteiger partial charge in [-0.3, -0.25) is 5.32 Å². The first-order chi connectivity index (χ1) is 10.2. The zero-order chi connectivity index (χ0) is 14.8. The maximum atomic E-state index is 9.60. The summed E-state index contributed by atoms with van der Waals surface area (Å²) in [4.78, 5) is 2.70. The molecule has 2 unspecified atom stereocenters. The van der Waals surface area contributed by atoms with Gasteiger partial charge in [0.25, 0.3) is 0 Å². The number of rotatable bonds is 4. The molecule has 1 saturated heterocycles. The van der Waals surface area contributed by atoms with Crippen LogP contribution in [0.15, 0.2) is 0 Å². The lowest BCUT2D eigenvalue weighted by molar-refractivity contribution is 0.0758. The smallest absolute Gasteiger partial charge is 0.108 e. The van der Waals surface area contributed by atoms with Gasteiger partial charge in [0.1, 0.15) is 5.54 Å². The summed E-state index contributed by atoms with van der Waals surface area (Å²) < 4.78 is 0. The van der Waals surface area contributed by atoms with Gasteiger partial charge in [-0.05, 0) is 76.4 Å². The van der Waals surface area contributed by atoms with Crippen LogP contribution in [0.3, 0.4) is 0 Å². The summed E-state index contributed by atoms with van der Waals surface area (Å²) >= 11 is 0. The van der Waals surface area contributed by atoms with Crippen molar-refractivity contribution in [3.05, 3.63) is 0 Å².